The lowest BCUT2D eigenvalue weighted by Crippen LogP contribution is -2.31. The first-order valence-electron chi connectivity index (χ1n) is 5.22. The highest BCUT2D eigenvalue weighted by molar-refractivity contribution is 5.75. The molecule has 0 aliphatic carbocycles. The summed E-state index contributed by atoms with van der Waals surface area (Å²) in [5, 5.41) is 19.0. The molecule has 0 aliphatic rings. The number of carboxylic acids is 1. The van der Waals surface area contributed by atoms with Crippen molar-refractivity contribution in [1.29, 1.82) is 0 Å². The number of para-hydroxylation sites is 1. The molecular weight excluding hydrogens is 246 g/mol. The predicted octanol–water partition coefficient (Wildman–Crippen LogP) is 2.43. The highest BCUT2D eigenvalue weighted by Crippen LogP contribution is 2.38. The number of alkyl halides is 2. The van der Waals surface area contributed by atoms with E-state index in [1.54, 1.807) is 0 Å². The summed E-state index contributed by atoms with van der Waals surface area (Å²) in [7, 11) is 0. The second-order valence-electron chi connectivity index (χ2n) is 4.35. The van der Waals surface area contributed by atoms with Gasteiger partial charge in [0.25, 0.3) is 0 Å². The van der Waals surface area contributed by atoms with Gasteiger partial charge in [-0.25, -0.2) is 0 Å². The van der Waals surface area contributed by atoms with E-state index < -0.39 is 24.1 Å². The Morgan fingerprint density at radius 2 is 1.89 bits per heavy atom. The molecule has 1 unspecified atom stereocenters. The van der Waals surface area contributed by atoms with Crippen LogP contribution < -0.4 is 4.74 Å². The molecule has 0 spiro atoms. The molecule has 0 heterocycles. The fourth-order valence-electron chi connectivity index (χ4n) is 1.42. The van der Waals surface area contributed by atoms with Crippen molar-refractivity contribution in [2.75, 3.05) is 0 Å². The Labute approximate surface area is 103 Å². The molecule has 0 saturated heterocycles. The summed E-state index contributed by atoms with van der Waals surface area (Å²) < 4.78 is 28.7. The summed E-state index contributed by atoms with van der Waals surface area (Å²) in [5.41, 5.74) is -1.49. The van der Waals surface area contributed by atoms with E-state index in [9.17, 15) is 18.7 Å². The number of rotatable bonds is 5. The van der Waals surface area contributed by atoms with Crippen LogP contribution in [0.2, 0.25) is 0 Å². The fraction of sp³-hybridized carbons (Fsp3) is 0.417. The SMILES string of the molecule is CC(C)(C(=O)O)C(O)c1ccccc1OC(F)F. The van der Waals surface area contributed by atoms with Gasteiger partial charge in [-0.3, -0.25) is 4.79 Å². The Morgan fingerprint density at radius 1 is 1.33 bits per heavy atom. The van der Waals surface area contributed by atoms with Crippen LogP contribution in [-0.2, 0) is 4.79 Å². The van der Waals surface area contributed by atoms with Gasteiger partial charge in [-0.1, -0.05) is 18.2 Å². The minimum atomic E-state index is -3.04. The summed E-state index contributed by atoms with van der Waals surface area (Å²) >= 11 is 0. The zero-order valence-electron chi connectivity index (χ0n) is 9.93. The van der Waals surface area contributed by atoms with Crippen molar-refractivity contribution in [3.63, 3.8) is 0 Å². The van der Waals surface area contributed by atoms with Gasteiger partial charge in [0.1, 0.15) is 5.75 Å². The molecule has 0 aliphatic heterocycles. The van der Waals surface area contributed by atoms with Crippen LogP contribution in [0.15, 0.2) is 24.3 Å². The average molecular weight is 260 g/mol. The van der Waals surface area contributed by atoms with Crippen LogP contribution in [0, 0.1) is 5.41 Å². The molecule has 1 atom stereocenters. The van der Waals surface area contributed by atoms with Gasteiger partial charge in [0, 0.05) is 5.56 Å². The molecule has 1 rings (SSSR count). The third-order valence-electron chi connectivity index (χ3n) is 2.66. The highest BCUT2D eigenvalue weighted by atomic mass is 19.3. The Hall–Kier alpha value is -1.69. The molecule has 0 fully saturated rings. The van der Waals surface area contributed by atoms with Crippen LogP contribution >= 0.6 is 0 Å². The van der Waals surface area contributed by atoms with Crippen molar-refractivity contribution in [1.82, 2.24) is 0 Å². The molecule has 0 amide bonds. The molecule has 4 nitrogen and oxygen atoms in total. The third-order valence-corrected chi connectivity index (χ3v) is 2.66. The Balaban J connectivity index is 3.13. The normalized spacial score (nSPS) is 13.4. The van der Waals surface area contributed by atoms with Gasteiger partial charge in [-0.05, 0) is 19.9 Å². The number of carboxylic acid groups (broad SMARTS) is 1. The van der Waals surface area contributed by atoms with Crippen LogP contribution in [0.4, 0.5) is 8.78 Å². The lowest BCUT2D eigenvalue weighted by atomic mass is 9.82. The first kappa shape index (κ1) is 14.4. The maximum absolute atomic E-state index is 12.2. The van der Waals surface area contributed by atoms with E-state index in [1.807, 2.05) is 0 Å². The van der Waals surface area contributed by atoms with Crippen LogP contribution in [-0.4, -0.2) is 22.8 Å². The van der Waals surface area contributed by atoms with Crippen LogP contribution in [0.3, 0.4) is 0 Å². The first-order chi connectivity index (χ1) is 8.26. The number of aliphatic hydroxyl groups is 1. The molecule has 0 radical (unpaired) electrons. The van der Waals surface area contributed by atoms with Gasteiger partial charge >= 0.3 is 12.6 Å². The van der Waals surface area contributed by atoms with E-state index in [0.29, 0.717) is 0 Å². The second kappa shape index (κ2) is 5.30. The summed E-state index contributed by atoms with van der Waals surface area (Å²) in [4.78, 5) is 11.0. The number of hydrogen-bond acceptors (Lipinski definition) is 3. The standard InChI is InChI=1S/C12H14F2O4/c1-12(2,10(16)17)9(15)7-5-3-4-6-8(7)18-11(13)14/h3-6,9,11,15H,1-2H3,(H,16,17). The molecule has 0 bridgehead atoms. The van der Waals surface area contributed by atoms with E-state index >= 15 is 0 Å². The summed E-state index contributed by atoms with van der Waals surface area (Å²) in [6.07, 6.45) is -1.45. The Kier molecular flexibility index (Phi) is 4.24. The molecular formula is C12H14F2O4. The minimum absolute atomic E-state index is 0.0187. The molecule has 100 valence electrons. The van der Waals surface area contributed by atoms with E-state index in [2.05, 4.69) is 4.74 Å². The Bertz CT molecular complexity index is 432. The largest absolute Gasteiger partial charge is 0.481 e. The van der Waals surface area contributed by atoms with Gasteiger partial charge in [-0.2, -0.15) is 8.78 Å². The number of hydrogen-bond donors (Lipinski definition) is 2. The van der Waals surface area contributed by atoms with Crippen molar-refractivity contribution >= 4 is 5.97 Å². The minimum Gasteiger partial charge on any atom is -0.481 e. The van der Waals surface area contributed by atoms with Crippen molar-refractivity contribution < 1.29 is 28.5 Å². The lowest BCUT2D eigenvalue weighted by Gasteiger charge is -2.27. The topological polar surface area (TPSA) is 66.8 Å². The number of halogens is 2. The van der Waals surface area contributed by atoms with Gasteiger partial charge in [-0.15, -0.1) is 0 Å². The smallest absolute Gasteiger partial charge is 0.387 e. The highest BCUT2D eigenvalue weighted by Gasteiger charge is 2.38. The number of aliphatic carboxylic acids is 1. The summed E-state index contributed by atoms with van der Waals surface area (Å²) in [6.45, 7) is -0.426. The zero-order chi connectivity index (χ0) is 13.9. The van der Waals surface area contributed by atoms with Crippen LogP contribution in [0.25, 0.3) is 0 Å². The number of benzene rings is 1. The van der Waals surface area contributed by atoms with Crippen molar-refractivity contribution in [3.8, 4) is 5.75 Å². The lowest BCUT2D eigenvalue weighted by molar-refractivity contribution is -0.153. The summed E-state index contributed by atoms with van der Waals surface area (Å²) in [6, 6.07) is 5.58. The predicted molar refractivity (Wildman–Crippen MR) is 59.5 cm³/mol. The van der Waals surface area contributed by atoms with Crippen LogP contribution in [0.1, 0.15) is 25.5 Å². The molecule has 1 aromatic rings. The van der Waals surface area contributed by atoms with E-state index in [0.717, 1.165) is 0 Å². The molecule has 0 saturated carbocycles. The maximum Gasteiger partial charge on any atom is 0.387 e. The molecule has 6 heteroatoms. The second-order valence-corrected chi connectivity index (χ2v) is 4.35. The van der Waals surface area contributed by atoms with Gasteiger partial charge < -0.3 is 14.9 Å². The van der Waals surface area contributed by atoms with Gasteiger partial charge in [0.15, 0.2) is 0 Å². The van der Waals surface area contributed by atoms with Gasteiger partial charge in [0.2, 0.25) is 0 Å². The average Bonchev–Trinajstić information content (AvgIpc) is 2.27. The monoisotopic (exact) mass is 260 g/mol. The van der Waals surface area contributed by atoms with Crippen molar-refractivity contribution in [3.05, 3.63) is 29.8 Å². The third kappa shape index (κ3) is 2.95. The quantitative estimate of drug-likeness (QED) is 0.853. The Morgan fingerprint density at radius 3 is 2.39 bits per heavy atom. The van der Waals surface area contributed by atoms with Gasteiger partial charge in [0.05, 0.1) is 11.5 Å². The van der Waals surface area contributed by atoms with Crippen molar-refractivity contribution in [2.45, 2.75) is 26.6 Å². The number of aliphatic hydroxyl groups excluding tert-OH is 1. The molecule has 2 N–H and O–H groups in total. The molecule has 1 aromatic carbocycles. The fourth-order valence-corrected chi connectivity index (χ4v) is 1.42. The molecule has 0 aromatic heterocycles. The van der Waals surface area contributed by atoms with E-state index in [-0.39, 0.29) is 11.3 Å². The van der Waals surface area contributed by atoms with E-state index in [1.165, 1.54) is 38.1 Å². The first-order valence-corrected chi connectivity index (χ1v) is 5.22. The van der Waals surface area contributed by atoms with Crippen LogP contribution in [0.5, 0.6) is 5.75 Å². The maximum atomic E-state index is 12.2. The van der Waals surface area contributed by atoms with E-state index in [4.69, 9.17) is 5.11 Å². The molecule has 18 heavy (non-hydrogen) atoms. The van der Waals surface area contributed by atoms with Crippen molar-refractivity contribution in [2.24, 2.45) is 5.41 Å². The number of ether oxygens (including phenoxy) is 1. The number of carbonyl (C=O) groups is 1. The summed E-state index contributed by atoms with van der Waals surface area (Å²) in [5.74, 6) is -1.46. The zero-order valence-corrected chi connectivity index (χ0v) is 9.93.